The van der Waals surface area contributed by atoms with Crippen molar-refractivity contribution in [3.8, 4) is 0 Å². The number of hydrogen-bond acceptors (Lipinski definition) is 4. The molecule has 1 aromatic heterocycles. The van der Waals surface area contributed by atoms with Crippen molar-refractivity contribution in [2.24, 2.45) is 7.05 Å². The van der Waals surface area contributed by atoms with E-state index in [1.807, 2.05) is 11.6 Å². The lowest BCUT2D eigenvalue weighted by molar-refractivity contribution is 0.415. The van der Waals surface area contributed by atoms with Crippen molar-refractivity contribution in [2.45, 2.75) is 37.8 Å². The van der Waals surface area contributed by atoms with Crippen LogP contribution >= 0.6 is 0 Å². The zero-order chi connectivity index (χ0) is 15.1. The Hall–Kier alpha value is -1.40. The standard InChI is InChI=1S/C14H21N3O2S/c1-14(2,3)15-9-13-16-11-8-10(20(5,18)19)6-7-12(11)17(13)4/h6-8,15H,9H2,1-5H3. The van der Waals surface area contributed by atoms with Crippen LogP contribution in [0.3, 0.4) is 0 Å². The number of benzene rings is 1. The maximum Gasteiger partial charge on any atom is 0.175 e. The summed E-state index contributed by atoms with van der Waals surface area (Å²) >= 11 is 0. The van der Waals surface area contributed by atoms with Crippen molar-refractivity contribution in [1.29, 1.82) is 0 Å². The molecule has 0 atom stereocenters. The quantitative estimate of drug-likeness (QED) is 0.939. The summed E-state index contributed by atoms with van der Waals surface area (Å²) in [5.41, 5.74) is 1.65. The highest BCUT2D eigenvalue weighted by Crippen LogP contribution is 2.20. The summed E-state index contributed by atoms with van der Waals surface area (Å²) in [6.45, 7) is 6.93. The number of hydrogen-bond donors (Lipinski definition) is 1. The Kier molecular flexibility index (Phi) is 3.64. The predicted octanol–water partition coefficient (Wildman–Crippen LogP) is 1.86. The monoisotopic (exact) mass is 295 g/mol. The number of imidazole rings is 1. The highest BCUT2D eigenvalue weighted by Gasteiger charge is 2.14. The Morgan fingerprint density at radius 3 is 2.50 bits per heavy atom. The van der Waals surface area contributed by atoms with Crippen molar-refractivity contribution in [2.75, 3.05) is 6.26 Å². The first-order valence-corrected chi connectivity index (χ1v) is 8.37. The van der Waals surface area contributed by atoms with Crippen LogP contribution in [0, 0.1) is 0 Å². The zero-order valence-electron chi connectivity index (χ0n) is 12.6. The fraction of sp³-hybridized carbons (Fsp3) is 0.500. The number of aromatic nitrogens is 2. The average molecular weight is 295 g/mol. The second-order valence-electron chi connectivity index (χ2n) is 6.11. The molecule has 2 aromatic rings. The molecule has 0 amide bonds. The minimum absolute atomic E-state index is 0.00997. The van der Waals surface area contributed by atoms with Gasteiger partial charge in [-0.15, -0.1) is 0 Å². The van der Waals surface area contributed by atoms with Crippen molar-refractivity contribution >= 4 is 20.9 Å². The molecular formula is C14H21N3O2S. The summed E-state index contributed by atoms with van der Waals surface area (Å²) in [7, 11) is -1.26. The van der Waals surface area contributed by atoms with E-state index in [-0.39, 0.29) is 5.54 Å². The van der Waals surface area contributed by atoms with Gasteiger partial charge in [0.2, 0.25) is 0 Å². The van der Waals surface area contributed by atoms with Gasteiger partial charge in [-0.25, -0.2) is 13.4 Å². The van der Waals surface area contributed by atoms with Gasteiger partial charge >= 0.3 is 0 Å². The Balaban J connectivity index is 2.42. The van der Waals surface area contributed by atoms with Crippen molar-refractivity contribution in [1.82, 2.24) is 14.9 Å². The molecule has 0 aliphatic carbocycles. The summed E-state index contributed by atoms with van der Waals surface area (Å²) in [5, 5.41) is 3.38. The van der Waals surface area contributed by atoms with Crippen LogP contribution in [0.15, 0.2) is 23.1 Å². The maximum absolute atomic E-state index is 11.6. The van der Waals surface area contributed by atoms with E-state index in [2.05, 4.69) is 31.1 Å². The molecule has 1 heterocycles. The van der Waals surface area contributed by atoms with E-state index in [1.165, 1.54) is 6.26 Å². The molecule has 110 valence electrons. The minimum atomic E-state index is -3.20. The van der Waals surface area contributed by atoms with Crippen LogP contribution in [0.25, 0.3) is 11.0 Å². The van der Waals surface area contributed by atoms with E-state index < -0.39 is 9.84 Å². The summed E-state index contributed by atoms with van der Waals surface area (Å²) in [5.74, 6) is 0.889. The van der Waals surface area contributed by atoms with Crippen molar-refractivity contribution in [3.05, 3.63) is 24.0 Å². The van der Waals surface area contributed by atoms with Gasteiger partial charge in [0.1, 0.15) is 5.82 Å². The summed E-state index contributed by atoms with van der Waals surface area (Å²) in [4.78, 5) is 4.83. The smallest absolute Gasteiger partial charge is 0.175 e. The predicted molar refractivity (Wildman–Crippen MR) is 80.4 cm³/mol. The number of nitrogens with one attached hydrogen (secondary N) is 1. The van der Waals surface area contributed by atoms with Crippen LogP contribution in [0.5, 0.6) is 0 Å². The lowest BCUT2D eigenvalue weighted by atomic mass is 10.1. The Bertz CT molecular complexity index is 740. The second kappa shape index (κ2) is 4.86. The van der Waals surface area contributed by atoms with Gasteiger partial charge in [-0.3, -0.25) is 0 Å². The van der Waals surface area contributed by atoms with Crippen molar-refractivity contribution < 1.29 is 8.42 Å². The van der Waals surface area contributed by atoms with Gasteiger partial charge in [0, 0.05) is 18.8 Å². The van der Waals surface area contributed by atoms with Gasteiger partial charge in [0.25, 0.3) is 0 Å². The van der Waals surface area contributed by atoms with Crippen LogP contribution in [0.1, 0.15) is 26.6 Å². The molecule has 0 fully saturated rings. The van der Waals surface area contributed by atoms with Crippen LogP contribution in [0.4, 0.5) is 0 Å². The van der Waals surface area contributed by atoms with Gasteiger partial charge in [0.15, 0.2) is 9.84 Å². The molecule has 1 aromatic carbocycles. The highest BCUT2D eigenvalue weighted by atomic mass is 32.2. The topological polar surface area (TPSA) is 64.0 Å². The summed E-state index contributed by atoms with van der Waals surface area (Å²) in [6.07, 6.45) is 1.21. The van der Waals surface area contributed by atoms with Crippen LogP contribution in [-0.2, 0) is 23.4 Å². The first-order valence-electron chi connectivity index (χ1n) is 6.48. The Morgan fingerprint density at radius 1 is 1.30 bits per heavy atom. The number of aryl methyl sites for hydroxylation is 1. The minimum Gasteiger partial charge on any atom is -0.330 e. The Labute approximate surface area is 119 Å². The van der Waals surface area contributed by atoms with E-state index in [0.717, 1.165) is 11.3 Å². The summed E-state index contributed by atoms with van der Waals surface area (Å²) < 4.78 is 25.1. The van der Waals surface area contributed by atoms with Crippen LogP contribution < -0.4 is 5.32 Å². The maximum atomic E-state index is 11.6. The third-order valence-corrected chi connectivity index (χ3v) is 4.26. The van der Waals surface area contributed by atoms with Gasteiger partial charge in [-0.2, -0.15) is 0 Å². The molecule has 5 nitrogen and oxygen atoms in total. The van der Waals surface area contributed by atoms with Crippen LogP contribution in [0.2, 0.25) is 0 Å². The van der Waals surface area contributed by atoms with E-state index in [4.69, 9.17) is 0 Å². The fourth-order valence-corrected chi connectivity index (χ4v) is 2.60. The molecule has 1 N–H and O–H groups in total. The van der Waals surface area contributed by atoms with E-state index in [1.54, 1.807) is 18.2 Å². The molecule has 0 spiro atoms. The number of sulfone groups is 1. The molecule has 0 saturated heterocycles. The largest absolute Gasteiger partial charge is 0.330 e. The second-order valence-corrected chi connectivity index (χ2v) is 8.13. The molecular weight excluding hydrogens is 274 g/mol. The molecule has 2 rings (SSSR count). The molecule has 0 aliphatic rings. The molecule has 0 aliphatic heterocycles. The number of rotatable bonds is 3. The Morgan fingerprint density at radius 2 is 1.95 bits per heavy atom. The van der Waals surface area contributed by atoms with Crippen molar-refractivity contribution in [3.63, 3.8) is 0 Å². The molecule has 0 unspecified atom stereocenters. The molecule has 6 heteroatoms. The van der Waals surface area contributed by atoms with E-state index in [9.17, 15) is 8.42 Å². The van der Waals surface area contributed by atoms with Gasteiger partial charge < -0.3 is 9.88 Å². The fourth-order valence-electron chi connectivity index (χ4n) is 1.96. The lowest BCUT2D eigenvalue weighted by Gasteiger charge is -2.20. The number of fused-ring (bicyclic) bond motifs is 1. The van der Waals surface area contributed by atoms with Gasteiger partial charge in [0.05, 0.1) is 22.5 Å². The zero-order valence-corrected chi connectivity index (χ0v) is 13.4. The molecule has 0 radical (unpaired) electrons. The lowest BCUT2D eigenvalue weighted by Crippen LogP contribution is -2.35. The third-order valence-electron chi connectivity index (χ3n) is 3.15. The first-order chi connectivity index (χ1) is 9.08. The molecule has 20 heavy (non-hydrogen) atoms. The molecule has 0 saturated carbocycles. The summed E-state index contributed by atoms with van der Waals surface area (Å²) in [6, 6.07) is 5.06. The van der Waals surface area contributed by atoms with Crippen LogP contribution in [-0.4, -0.2) is 29.8 Å². The van der Waals surface area contributed by atoms with E-state index >= 15 is 0 Å². The SMILES string of the molecule is Cn1c(CNC(C)(C)C)nc2cc(S(C)(=O)=O)ccc21. The normalized spacial score (nSPS) is 13.1. The highest BCUT2D eigenvalue weighted by molar-refractivity contribution is 7.90. The van der Waals surface area contributed by atoms with Gasteiger partial charge in [-0.05, 0) is 39.0 Å². The van der Waals surface area contributed by atoms with E-state index in [0.29, 0.717) is 17.0 Å². The third kappa shape index (κ3) is 3.19. The van der Waals surface area contributed by atoms with Gasteiger partial charge in [-0.1, -0.05) is 0 Å². The number of nitrogens with zero attached hydrogens (tertiary/aromatic N) is 2. The molecule has 0 bridgehead atoms. The average Bonchev–Trinajstić information content (AvgIpc) is 2.61. The first kappa shape index (κ1) is 15.0.